The van der Waals surface area contributed by atoms with Crippen molar-refractivity contribution in [1.29, 1.82) is 0 Å². The van der Waals surface area contributed by atoms with Gasteiger partial charge in [-0.3, -0.25) is 4.72 Å². The summed E-state index contributed by atoms with van der Waals surface area (Å²) in [5.41, 5.74) is 0.736. The molecule has 0 saturated heterocycles. The highest BCUT2D eigenvalue weighted by Gasteiger charge is 2.19. The highest BCUT2D eigenvalue weighted by atomic mass is 79.9. The summed E-state index contributed by atoms with van der Waals surface area (Å²) in [6.07, 6.45) is 0. The van der Waals surface area contributed by atoms with Gasteiger partial charge in [-0.2, -0.15) is 0 Å². The number of para-hydroxylation sites is 1. The monoisotopic (exact) mass is 408 g/mol. The number of nitrogens with one attached hydrogen (secondary N) is 1. The van der Waals surface area contributed by atoms with E-state index in [0.717, 1.165) is 26.0 Å². The zero-order chi connectivity index (χ0) is 14.3. The summed E-state index contributed by atoms with van der Waals surface area (Å²) in [6.45, 7) is 0. The molecule has 1 N–H and O–H groups in total. The number of hydrogen-bond acceptors (Lipinski definition) is 5. The van der Waals surface area contributed by atoms with Gasteiger partial charge >= 0.3 is 0 Å². The summed E-state index contributed by atoms with van der Waals surface area (Å²) in [5, 5.41) is 0.330. The van der Waals surface area contributed by atoms with E-state index < -0.39 is 10.0 Å². The van der Waals surface area contributed by atoms with Crippen molar-refractivity contribution in [2.75, 3.05) is 4.72 Å². The zero-order valence-electron chi connectivity index (χ0n) is 9.63. The summed E-state index contributed by atoms with van der Waals surface area (Å²) < 4.78 is 29.1. The molecule has 0 amide bonds. The maximum Gasteiger partial charge on any atom is 0.273 e. The Hall–Kier alpha value is -0.670. The van der Waals surface area contributed by atoms with E-state index in [1.54, 1.807) is 6.07 Å². The quantitative estimate of drug-likeness (QED) is 0.689. The Morgan fingerprint density at radius 3 is 2.65 bits per heavy atom. The standard InChI is InChI=1S/C11H6BrClN2O2S3/c12-6-2-1-3-7-10(6)14-11(18-7)15-20(16,17)9-5-4-8(13)19-9/h1-5H,(H,14,15). The van der Waals surface area contributed by atoms with Gasteiger partial charge < -0.3 is 0 Å². The first-order chi connectivity index (χ1) is 9.45. The van der Waals surface area contributed by atoms with Crippen LogP contribution in [0.25, 0.3) is 10.2 Å². The molecule has 0 unspecified atom stereocenters. The van der Waals surface area contributed by atoms with Crippen LogP contribution in [0, 0.1) is 0 Å². The van der Waals surface area contributed by atoms with Gasteiger partial charge in [0.2, 0.25) is 0 Å². The van der Waals surface area contributed by atoms with Gasteiger partial charge in [0, 0.05) is 4.47 Å². The average molecular weight is 410 g/mol. The Bertz CT molecular complexity index is 888. The third kappa shape index (κ3) is 2.71. The van der Waals surface area contributed by atoms with Crippen molar-refractivity contribution in [2.24, 2.45) is 0 Å². The van der Waals surface area contributed by atoms with Crippen molar-refractivity contribution in [2.45, 2.75) is 4.21 Å². The van der Waals surface area contributed by atoms with Crippen LogP contribution in [0.2, 0.25) is 4.34 Å². The highest BCUT2D eigenvalue weighted by Crippen LogP contribution is 2.33. The van der Waals surface area contributed by atoms with Crippen LogP contribution in [0.3, 0.4) is 0 Å². The Labute approximate surface area is 136 Å². The average Bonchev–Trinajstić information content (AvgIpc) is 2.96. The molecule has 9 heteroatoms. The van der Waals surface area contributed by atoms with Crippen LogP contribution in [-0.2, 0) is 10.0 Å². The Kier molecular flexibility index (Phi) is 3.76. The van der Waals surface area contributed by atoms with E-state index in [9.17, 15) is 8.42 Å². The summed E-state index contributed by atoms with van der Waals surface area (Å²) >= 11 is 11.4. The summed E-state index contributed by atoms with van der Waals surface area (Å²) in [5.74, 6) is 0. The van der Waals surface area contributed by atoms with E-state index in [-0.39, 0.29) is 4.21 Å². The number of rotatable bonds is 3. The molecule has 3 rings (SSSR count). The predicted octanol–water partition coefficient (Wildman–Crippen LogP) is 4.57. The van der Waals surface area contributed by atoms with E-state index >= 15 is 0 Å². The number of anilines is 1. The number of thiophene rings is 1. The Balaban J connectivity index is 1.99. The van der Waals surface area contributed by atoms with Gasteiger partial charge in [-0.15, -0.1) is 11.3 Å². The first kappa shape index (κ1) is 14.3. The first-order valence-corrected chi connectivity index (χ1v) is 9.58. The lowest BCUT2D eigenvalue weighted by molar-refractivity contribution is 0.603. The fourth-order valence-corrected chi connectivity index (χ4v) is 5.76. The second-order valence-corrected chi connectivity index (χ2v) is 9.28. The van der Waals surface area contributed by atoms with Crippen molar-refractivity contribution in [1.82, 2.24) is 4.98 Å². The van der Waals surface area contributed by atoms with Crippen LogP contribution in [0.5, 0.6) is 0 Å². The number of thiazole rings is 1. The minimum atomic E-state index is -3.64. The molecule has 0 aliphatic heterocycles. The molecule has 104 valence electrons. The molecule has 0 saturated carbocycles. The fourth-order valence-electron chi connectivity index (χ4n) is 1.57. The van der Waals surface area contributed by atoms with E-state index in [2.05, 4.69) is 25.6 Å². The van der Waals surface area contributed by atoms with Crippen molar-refractivity contribution in [3.63, 3.8) is 0 Å². The molecule has 20 heavy (non-hydrogen) atoms. The van der Waals surface area contributed by atoms with E-state index in [0.29, 0.717) is 9.47 Å². The zero-order valence-corrected chi connectivity index (χ0v) is 14.4. The van der Waals surface area contributed by atoms with Crippen LogP contribution in [-0.4, -0.2) is 13.4 Å². The van der Waals surface area contributed by atoms with Crippen LogP contribution in [0.15, 0.2) is 39.0 Å². The molecular formula is C11H6BrClN2O2S3. The molecule has 0 aliphatic rings. The lowest BCUT2D eigenvalue weighted by Crippen LogP contribution is -2.10. The van der Waals surface area contributed by atoms with Gasteiger partial charge in [0.05, 0.1) is 14.6 Å². The fraction of sp³-hybridized carbons (Fsp3) is 0. The number of halogens is 2. The van der Waals surface area contributed by atoms with Crippen molar-refractivity contribution >= 4 is 75.6 Å². The number of hydrogen-bond donors (Lipinski definition) is 1. The highest BCUT2D eigenvalue weighted by molar-refractivity contribution is 9.10. The molecule has 1 aromatic carbocycles. The molecule has 0 spiro atoms. The van der Waals surface area contributed by atoms with Crippen molar-refractivity contribution in [3.05, 3.63) is 39.1 Å². The number of fused-ring (bicyclic) bond motifs is 1. The normalized spacial score (nSPS) is 11.9. The number of aromatic nitrogens is 1. The molecular weight excluding hydrogens is 404 g/mol. The number of benzene rings is 1. The molecule has 0 aliphatic carbocycles. The Morgan fingerprint density at radius 2 is 2.00 bits per heavy atom. The van der Waals surface area contributed by atoms with Gasteiger partial charge in [0.15, 0.2) is 5.13 Å². The van der Waals surface area contributed by atoms with Gasteiger partial charge in [-0.1, -0.05) is 29.0 Å². The molecule has 3 aromatic rings. The van der Waals surface area contributed by atoms with E-state index in [4.69, 9.17) is 11.6 Å². The maximum atomic E-state index is 12.2. The van der Waals surface area contributed by atoms with Gasteiger partial charge in [0.25, 0.3) is 10.0 Å². The van der Waals surface area contributed by atoms with Crippen LogP contribution in [0.1, 0.15) is 0 Å². The third-order valence-corrected chi connectivity index (χ3v) is 7.17. The van der Waals surface area contributed by atoms with E-state index in [1.165, 1.54) is 17.4 Å². The van der Waals surface area contributed by atoms with Crippen LogP contribution in [0.4, 0.5) is 5.13 Å². The van der Waals surface area contributed by atoms with Crippen molar-refractivity contribution < 1.29 is 8.42 Å². The number of sulfonamides is 1. The van der Waals surface area contributed by atoms with E-state index in [1.807, 2.05) is 18.2 Å². The second-order valence-electron chi connectivity index (χ2n) is 3.77. The van der Waals surface area contributed by atoms with Gasteiger partial charge in [-0.05, 0) is 40.2 Å². The molecule has 0 bridgehead atoms. The summed E-state index contributed by atoms with van der Waals surface area (Å²) in [4.78, 5) is 4.28. The molecule has 2 heterocycles. The summed E-state index contributed by atoms with van der Waals surface area (Å²) in [7, 11) is -3.64. The third-order valence-electron chi connectivity index (χ3n) is 2.40. The maximum absolute atomic E-state index is 12.2. The minimum absolute atomic E-state index is 0.167. The lowest BCUT2D eigenvalue weighted by atomic mass is 10.3. The van der Waals surface area contributed by atoms with Crippen LogP contribution < -0.4 is 4.72 Å². The topological polar surface area (TPSA) is 59.1 Å². The predicted molar refractivity (Wildman–Crippen MR) is 87.5 cm³/mol. The molecule has 0 radical (unpaired) electrons. The molecule has 0 atom stereocenters. The molecule has 4 nitrogen and oxygen atoms in total. The molecule has 0 fully saturated rings. The molecule has 2 aromatic heterocycles. The van der Waals surface area contributed by atoms with Crippen LogP contribution >= 0.6 is 50.2 Å². The minimum Gasteiger partial charge on any atom is -0.254 e. The van der Waals surface area contributed by atoms with Gasteiger partial charge in [-0.25, -0.2) is 13.4 Å². The van der Waals surface area contributed by atoms with Gasteiger partial charge in [0.1, 0.15) is 4.21 Å². The SMILES string of the molecule is O=S(=O)(Nc1nc2c(Br)cccc2s1)c1ccc(Cl)s1. The van der Waals surface area contributed by atoms with Crippen molar-refractivity contribution in [3.8, 4) is 0 Å². The largest absolute Gasteiger partial charge is 0.273 e. The second kappa shape index (κ2) is 5.27. The summed E-state index contributed by atoms with van der Waals surface area (Å²) in [6, 6.07) is 8.65. The lowest BCUT2D eigenvalue weighted by Gasteiger charge is -2.01. The smallest absolute Gasteiger partial charge is 0.254 e. The Morgan fingerprint density at radius 1 is 1.20 bits per heavy atom. The first-order valence-electron chi connectivity index (χ1n) is 5.29. The number of nitrogens with zero attached hydrogens (tertiary/aromatic N) is 1.